The van der Waals surface area contributed by atoms with Crippen LogP contribution in [0.15, 0.2) is 24.4 Å². The van der Waals surface area contributed by atoms with E-state index in [9.17, 15) is 4.79 Å². The largest absolute Gasteiger partial charge is 0.480 e. The first kappa shape index (κ1) is 24.1. The molecule has 1 aromatic carbocycles. The normalized spacial score (nSPS) is 20.1. The predicted octanol–water partition coefficient (Wildman–Crippen LogP) is 4.08. The molecule has 186 valence electrons. The zero-order valence-corrected chi connectivity index (χ0v) is 21.3. The van der Waals surface area contributed by atoms with Crippen LogP contribution in [-0.2, 0) is 11.8 Å². The van der Waals surface area contributed by atoms with Crippen molar-refractivity contribution in [1.29, 1.82) is 0 Å². The molecule has 0 aliphatic carbocycles. The lowest BCUT2D eigenvalue weighted by Crippen LogP contribution is -2.54. The van der Waals surface area contributed by atoms with Gasteiger partial charge in [-0.25, -0.2) is 4.98 Å². The first-order valence-electron chi connectivity index (χ1n) is 11.9. The maximum Gasteiger partial charge on any atom is 0.317 e. The lowest BCUT2D eigenvalue weighted by atomic mass is 9.81. The van der Waals surface area contributed by atoms with E-state index in [1.165, 1.54) is 0 Å². The number of likely N-dealkylation sites (tertiary alicyclic amines) is 1. The topological polar surface area (TPSA) is 99.4 Å². The quantitative estimate of drug-likeness (QED) is 0.483. The van der Waals surface area contributed by atoms with Gasteiger partial charge in [-0.05, 0) is 55.8 Å². The molecule has 2 N–H and O–H groups in total. The number of benzene rings is 1. The highest BCUT2D eigenvalue weighted by Crippen LogP contribution is 2.35. The number of nitrogens with one attached hydrogen (secondary N) is 1. The van der Waals surface area contributed by atoms with Crippen molar-refractivity contribution in [3.8, 4) is 0 Å². The van der Waals surface area contributed by atoms with Crippen molar-refractivity contribution < 1.29 is 9.90 Å². The van der Waals surface area contributed by atoms with Crippen LogP contribution in [0.4, 0.5) is 11.8 Å². The third kappa shape index (κ3) is 5.17. The van der Waals surface area contributed by atoms with Crippen LogP contribution < -0.4 is 10.2 Å². The van der Waals surface area contributed by atoms with Gasteiger partial charge in [0.25, 0.3) is 0 Å². The molecule has 5 rings (SSSR count). The van der Waals surface area contributed by atoms with Crippen molar-refractivity contribution in [3.05, 3.63) is 40.0 Å². The van der Waals surface area contributed by atoms with Crippen molar-refractivity contribution >= 4 is 52.0 Å². The van der Waals surface area contributed by atoms with E-state index in [2.05, 4.69) is 20.2 Å². The number of carbonyl (C=O) groups is 1. The number of anilines is 2. The van der Waals surface area contributed by atoms with Crippen molar-refractivity contribution in [1.82, 2.24) is 24.6 Å². The molecule has 2 fully saturated rings. The first-order chi connectivity index (χ1) is 16.8. The Balaban J connectivity index is 1.32. The van der Waals surface area contributed by atoms with E-state index < -0.39 is 5.97 Å². The average molecular weight is 518 g/mol. The third-order valence-electron chi connectivity index (χ3n) is 7.01. The molecule has 2 saturated heterocycles. The standard InChI is InChI=1S/C24H29Cl2N7O2/c1-14(18-6-5-17(25)8-19(18)26)27-23-22-20(12-31(2)30-22)28-24(29-23)33-10-16(11-33)15-4-3-7-32(9-15)13-21(34)35/h5-6,8,12,14-16H,3-4,7,9-11,13H2,1-2H3,(H,34,35)(H,27,28,29)/t14-,15+/m1/s1. The molecule has 0 spiro atoms. The Hall–Kier alpha value is -2.62. The Morgan fingerprint density at radius 1 is 1.23 bits per heavy atom. The minimum Gasteiger partial charge on any atom is -0.480 e. The summed E-state index contributed by atoms with van der Waals surface area (Å²) >= 11 is 12.5. The Bertz CT molecular complexity index is 1240. The molecule has 4 heterocycles. The van der Waals surface area contributed by atoms with Crippen molar-refractivity contribution in [3.63, 3.8) is 0 Å². The minimum absolute atomic E-state index is 0.112. The molecule has 0 saturated carbocycles. The van der Waals surface area contributed by atoms with Crippen molar-refractivity contribution in [2.24, 2.45) is 18.9 Å². The summed E-state index contributed by atoms with van der Waals surface area (Å²) in [6.45, 7) is 5.60. The number of aryl methyl sites for hydroxylation is 1. The molecule has 2 aromatic heterocycles. The van der Waals surface area contributed by atoms with Gasteiger partial charge in [0.2, 0.25) is 5.95 Å². The number of carboxylic acids is 1. The average Bonchev–Trinajstić information content (AvgIpc) is 3.13. The van der Waals surface area contributed by atoms with E-state index >= 15 is 0 Å². The van der Waals surface area contributed by atoms with Crippen LogP contribution in [0.5, 0.6) is 0 Å². The SMILES string of the molecule is C[C@@H](Nc1nc(N2CC([C@H]3CCCN(CC(=O)O)C3)C2)nc2cn(C)nc12)c1ccc(Cl)cc1Cl. The highest BCUT2D eigenvalue weighted by atomic mass is 35.5. The number of piperidine rings is 1. The summed E-state index contributed by atoms with van der Waals surface area (Å²) < 4.78 is 1.74. The molecule has 0 bridgehead atoms. The van der Waals surface area contributed by atoms with E-state index in [0.717, 1.165) is 50.1 Å². The molecule has 0 amide bonds. The van der Waals surface area contributed by atoms with Gasteiger partial charge in [0.15, 0.2) is 11.3 Å². The van der Waals surface area contributed by atoms with Gasteiger partial charge in [0.1, 0.15) is 5.52 Å². The maximum atomic E-state index is 11.1. The molecule has 0 unspecified atom stereocenters. The molecule has 35 heavy (non-hydrogen) atoms. The Kier molecular flexibility index (Phi) is 6.74. The number of aliphatic carboxylic acids is 1. The number of fused-ring (bicyclic) bond motifs is 1. The minimum atomic E-state index is -0.756. The molecule has 11 heteroatoms. The van der Waals surface area contributed by atoms with Gasteiger partial charge in [0, 0.05) is 36.7 Å². The fourth-order valence-electron chi connectivity index (χ4n) is 5.17. The maximum absolute atomic E-state index is 11.1. The summed E-state index contributed by atoms with van der Waals surface area (Å²) in [5.41, 5.74) is 2.41. The fraction of sp³-hybridized carbons (Fsp3) is 0.500. The highest BCUT2D eigenvalue weighted by molar-refractivity contribution is 6.35. The summed E-state index contributed by atoms with van der Waals surface area (Å²) in [4.78, 5) is 25.0. The molecule has 2 atom stereocenters. The zero-order chi connectivity index (χ0) is 24.7. The number of hydrogen-bond donors (Lipinski definition) is 2. The zero-order valence-electron chi connectivity index (χ0n) is 19.8. The van der Waals surface area contributed by atoms with Crippen LogP contribution in [0.2, 0.25) is 10.0 Å². The highest BCUT2D eigenvalue weighted by Gasteiger charge is 2.37. The lowest BCUT2D eigenvalue weighted by molar-refractivity contribution is -0.138. The van der Waals surface area contributed by atoms with Gasteiger partial charge < -0.3 is 15.3 Å². The second-order valence-electron chi connectivity index (χ2n) is 9.64. The lowest BCUT2D eigenvalue weighted by Gasteiger charge is -2.46. The predicted molar refractivity (Wildman–Crippen MR) is 137 cm³/mol. The van der Waals surface area contributed by atoms with Gasteiger partial charge >= 0.3 is 5.97 Å². The Morgan fingerprint density at radius 2 is 2.03 bits per heavy atom. The smallest absolute Gasteiger partial charge is 0.317 e. The van der Waals surface area contributed by atoms with E-state index in [1.807, 2.05) is 32.3 Å². The molecule has 3 aromatic rings. The first-order valence-corrected chi connectivity index (χ1v) is 12.6. The van der Waals surface area contributed by atoms with Crippen LogP contribution in [-0.4, -0.2) is 68.4 Å². The van der Waals surface area contributed by atoms with Crippen LogP contribution in [0.1, 0.15) is 31.4 Å². The van der Waals surface area contributed by atoms with Crippen LogP contribution in [0, 0.1) is 11.8 Å². The van der Waals surface area contributed by atoms with Crippen LogP contribution >= 0.6 is 23.2 Å². The van der Waals surface area contributed by atoms with Gasteiger partial charge in [-0.1, -0.05) is 29.3 Å². The second-order valence-corrected chi connectivity index (χ2v) is 10.5. The number of carboxylic acid groups (broad SMARTS) is 1. The summed E-state index contributed by atoms with van der Waals surface area (Å²) in [7, 11) is 1.87. The van der Waals surface area contributed by atoms with E-state index in [4.69, 9.17) is 38.3 Å². The summed E-state index contributed by atoms with van der Waals surface area (Å²) in [5.74, 6) is 1.61. The van der Waals surface area contributed by atoms with Crippen molar-refractivity contribution in [2.45, 2.75) is 25.8 Å². The van der Waals surface area contributed by atoms with E-state index in [0.29, 0.717) is 39.2 Å². The van der Waals surface area contributed by atoms with Gasteiger partial charge in [-0.2, -0.15) is 10.1 Å². The number of rotatable bonds is 7. The fourth-order valence-corrected chi connectivity index (χ4v) is 5.75. The van der Waals surface area contributed by atoms with Crippen molar-refractivity contribution in [2.75, 3.05) is 42.9 Å². The van der Waals surface area contributed by atoms with Gasteiger partial charge in [-0.3, -0.25) is 14.4 Å². The molecule has 2 aliphatic heterocycles. The summed E-state index contributed by atoms with van der Waals surface area (Å²) in [6, 6.07) is 5.37. The summed E-state index contributed by atoms with van der Waals surface area (Å²) in [6.07, 6.45) is 4.09. The second kappa shape index (κ2) is 9.79. The number of nitrogens with zero attached hydrogens (tertiary/aromatic N) is 6. The number of hydrogen-bond acceptors (Lipinski definition) is 7. The number of halogens is 2. The summed E-state index contributed by atoms with van der Waals surface area (Å²) in [5, 5.41) is 18.4. The molecular formula is C24H29Cl2N7O2. The molecule has 2 aliphatic rings. The van der Waals surface area contributed by atoms with E-state index in [-0.39, 0.29) is 12.6 Å². The molecular weight excluding hydrogens is 489 g/mol. The van der Waals surface area contributed by atoms with Crippen LogP contribution in [0.25, 0.3) is 11.0 Å². The molecule has 0 radical (unpaired) electrons. The Labute approximate surface area is 214 Å². The molecule has 9 nitrogen and oxygen atoms in total. The van der Waals surface area contributed by atoms with E-state index in [1.54, 1.807) is 10.7 Å². The third-order valence-corrected chi connectivity index (χ3v) is 7.57. The van der Waals surface area contributed by atoms with Gasteiger partial charge in [0.05, 0.1) is 18.8 Å². The monoisotopic (exact) mass is 517 g/mol. The van der Waals surface area contributed by atoms with Crippen LogP contribution in [0.3, 0.4) is 0 Å². The number of aromatic nitrogens is 4. The van der Waals surface area contributed by atoms with Gasteiger partial charge in [-0.15, -0.1) is 0 Å². The Morgan fingerprint density at radius 3 is 2.77 bits per heavy atom.